The van der Waals surface area contributed by atoms with E-state index in [0.29, 0.717) is 0 Å². The fourth-order valence-corrected chi connectivity index (χ4v) is 8.52. The lowest BCUT2D eigenvalue weighted by Gasteiger charge is -2.10. The quantitative estimate of drug-likeness (QED) is 0.107. The third kappa shape index (κ3) is 4.16. The van der Waals surface area contributed by atoms with Gasteiger partial charge in [-0.15, -0.1) is 22.7 Å². The number of nitrogens with zero attached hydrogens (tertiary/aromatic N) is 1. The first-order chi connectivity index (χ1) is 20.7. The maximum Gasteiger partial charge on any atom is 0.126 e. The molecule has 0 fully saturated rings. The lowest BCUT2D eigenvalue weighted by atomic mass is 10.0. The van der Waals surface area contributed by atoms with Crippen LogP contribution in [0.1, 0.15) is 0 Å². The van der Waals surface area contributed by atoms with Crippen molar-refractivity contribution in [2.45, 2.75) is 0 Å². The van der Waals surface area contributed by atoms with Crippen molar-refractivity contribution >= 4 is 121 Å². The minimum Gasteiger partial charge on any atom is -0.308 e. The maximum absolute atomic E-state index is 3.91. The molecule has 2 nitrogen and oxygen atoms in total. The summed E-state index contributed by atoms with van der Waals surface area (Å²) >= 11 is 8.69. The SMILES string of the molecule is SOI.c1ccc2c(c1)sc1ccc(-c3ccc4c(c3)c3ccccc3n4-c3cccc4c3sc3ccccc34)cc12. The zero-order chi connectivity index (χ0) is 28.2. The summed E-state index contributed by atoms with van der Waals surface area (Å²) in [5.41, 5.74) is 6.25. The molecule has 0 aliphatic heterocycles. The number of para-hydroxylation sites is 1. The standard InChI is InChI=1S/C36H21NS2.HIOS/c1-4-12-30-24(8-1)28-20-22(23-17-19-35-29(21-23)26-10-3-5-14-33(26)38-35)16-18-31(28)37(30)32-13-7-11-27-25-9-2-6-15-34(25)39-36(27)32;1-2-3/h1-21H;3H. The van der Waals surface area contributed by atoms with Gasteiger partial charge in [-0.05, 0) is 72.6 Å². The Balaban J connectivity index is 0.000000856. The summed E-state index contributed by atoms with van der Waals surface area (Å²) < 4.78 is 11.7. The highest BCUT2D eigenvalue weighted by Gasteiger charge is 2.17. The van der Waals surface area contributed by atoms with E-state index in [1.54, 1.807) is 23.0 Å². The molecule has 3 aromatic heterocycles. The fourth-order valence-electron chi connectivity index (χ4n) is 6.23. The van der Waals surface area contributed by atoms with E-state index < -0.39 is 0 Å². The Labute approximate surface area is 270 Å². The van der Waals surface area contributed by atoms with Crippen LogP contribution in [0.15, 0.2) is 127 Å². The van der Waals surface area contributed by atoms with Gasteiger partial charge >= 0.3 is 0 Å². The van der Waals surface area contributed by atoms with Crippen LogP contribution < -0.4 is 0 Å². The normalized spacial score (nSPS) is 11.7. The predicted molar refractivity (Wildman–Crippen MR) is 196 cm³/mol. The number of hydrogen-bond donors (Lipinski definition) is 1. The average molecular weight is 708 g/mol. The van der Waals surface area contributed by atoms with Crippen molar-refractivity contribution in [2.75, 3.05) is 0 Å². The van der Waals surface area contributed by atoms with Gasteiger partial charge in [0, 0.05) is 46.4 Å². The van der Waals surface area contributed by atoms with Gasteiger partial charge < -0.3 is 4.57 Å². The fraction of sp³-hybridized carbons (Fsp3) is 0. The van der Waals surface area contributed by atoms with Gasteiger partial charge in [0.25, 0.3) is 0 Å². The van der Waals surface area contributed by atoms with Gasteiger partial charge in [-0.3, -0.25) is 2.51 Å². The van der Waals surface area contributed by atoms with Crippen LogP contribution in [0.25, 0.3) is 79.0 Å². The second-order valence-corrected chi connectivity index (χ2v) is 13.7. The molecule has 202 valence electrons. The maximum atomic E-state index is 3.91. The van der Waals surface area contributed by atoms with Crippen LogP contribution in [-0.4, -0.2) is 4.57 Å². The van der Waals surface area contributed by atoms with Crippen LogP contribution in [0.4, 0.5) is 0 Å². The van der Waals surface area contributed by atoms with Crippen LogP contribution in [0.5, 0.6) is 0 Å². The number of aromatic nitrogens is 1. The molecule has 0 aliphatic rings. The van der Waals surface area contributed by atoms with Crippen molar-refractivity contribution in [2.24, 2.45) is 0 Å². The van der Waals surface area contributed by atoms with Crippen molar-refractivity contribution in [3.63, 3.8) is 0 Å². The number of fused-ring (bicyclic) bond motifs is 9. The lowest BCUT2D eigenvalue weighted by Crippen LogP contribution is -1.93. The van der Waals surface area contributed by atoms with Crippen LogP contribution in [0, 0.1) is 0 Å². The zero-order valence-electron chi connectivity index (χ0n) is 22.1. The number of halogens is 1. The molecule has 0 atom stereocenters. The minimum atomic E-state index is 1.24. The average Bonchev–Trinajstić information content (AvgIpc) is 3.70. The van der Waals surface area contributed by atoms with E-state index in [4.69, 9.17) is 0 Å². The molecule has 0 amide bonds. The number of thiol groups is 1. The topological polar surface area (TPSA) is 14.2 Å². The molecule has 6 aromatic carbocycles. The predicted octanol–water partition coefficient (Wildman–Crippen LogP) is 12.4. The van der Waals surface area contributed by atoms with Crippen LogP contribution >= 0.6 is 58.6 Å². The molecule has 0 saturated carbocycles. The van der Waals surface area contributed by atoms with Gasteiger partial charge in [-0.25, -0.2) is 0 Å². The molecule has 9 rings (SSSR count). The van der Waals surface area contributed by atoms with Crippen molar-refractivity contribution < 1.29 is 2.51 Å². The summed E-state index contributed by atoms with van der Waals surface area (Å²) in [6.07, 6.45) is 0. The largest absolute Gasteiger partial charge is 0.308 e. The summed E-state index contributed by atoms with van der Waals surface area (Å²) in [6, 6.07) is 46.9. The Kier molecular flexibility index (Phi) is 6.69. The van der Waals surface area contributed by atoms with E-state index in [1.165, 1.54) is 79.0 Å². The number of hydrogen-bond acceptors (Lipinski definition) is 4. The molecule has 3 heterocycles. The Morgan fingerprint density at radius 1 is 0.500 bits per heavy atom. The Hall–Kier alpha value is -3.40. The summed E-state index contributed by atoms with van der Waals surface area (Å²) in [6.45, 7) is 0. The summed E-state index contributed by atoms with van der Waals surface area (Å²) in [7, 11) is 0. The van der Waals surface area contributed by atoms with Gasteiger partial charge in [0.15, 0.2) is 0 Å². The first kappa shape index (κ1) is 26.2. The lowest BCUT2D eigenvalue weighted by molar-refractivity contribution is 0.860. The van der Waals surface area contributed by atoms with Gasteiger partial charge in [0.1, 0.15) is 23.0 Å². The van der Waals surface area contributed by atoms with Crippen molar-refractivity contribution in [3.05, 3.63) is 127 Å². The second kappa shape index (κ2) is 10.7. The van der Waals surface area contributed by atoms with Gasteiger partial charge in [0.2, 0.25) is 0 Å². The Morgan fingerprint density at radius 2 is 1.05 bits per heavy atom. The number of rotatable bonds is 2. The van der Waals surface area contributed by atoms with Crippen LogP contribution in [-0.2, 0) is 2.51 Å². The van der Waals surface area contributed by atoms with E-state index in [0.717, 1.165) is 0 Å². The van der Waals surface area contributed by atoms with E-state index in [1.807, 2.05) is 22.7 Å². The van der Waals surface area contributed by atoms with Crippen LogP contribution in [0.3, 0.4) is 0 Å². The smallest absolute Gasteiger partial charge is 0.126 e. The summed E-state index contributed by atoms with van der Waals surface area (Å²) in [4.78, 5) is 0. The molecule has 0 bridgehead atoms. The van der Waals surface area contributed by atoms with Gasteiger partial charge in [-0.2, -0.15) is 0 Å². The zero-order valence-corrected chi connectivity index (χ0v) is 26.8. The molecule has 42 heavy (non-hydrogen) atoms. The van der Waals surface area contributed by atoms with Gasteiger partial charge in [0.05, 0.1) is 21.4 Å². The van der Waals surface area contributed by atoms with Gasteiger partial charge in [-0.1, -0.05) is 78.9 Å². The van der Waals surface area contributed by atoms with Crippen molar-refractivity contribution in [1.29, 1.82) is 0 Å². The van der Waals surface area contributed by atoms with E-state index >= 15 is 0 Å². The highest BCUT2D eigenvalue weighted by molar-refractivity contribution is 14.1. The van der Waals surface area contributed by atoms with Crippen molar-refractivity contribution in [1.82, 2.24) is 4.57 Å². The molecule has 0 aliphatic carbocycles. The third-order valence-electron chi connectivity index (χ3n) is 8.01. The number of thiophene rings is 2. The molecule has 0 spiro atoms. The molecular formula is C36H22INOS3. The molecule has 0 radical (unpaired) electrons. The monoisotopic (exact) mass is 707 g/mol. The van der Waals surface area contributed by atoms with E-state index in [9.17, 15) is 0 Å². The van der Waals surface area contributed by atoms with Crippen molar-refractivity contribution in [3.8, 4) is 16.8 Å². The first-order valence-electron chi connectivity index (χ1n) is 13.5. The molecular weight excluding hydrogens is 686 g/mol. The Bertz CT molecular complexity index is 2430. The second-order valence-electron chi connectivity index (χ2n) is 10.2. The molecule has 0 saturated heterocycles. The molecule has 0 unspecified atom stereocenters. The minimum absolute atomic E-state index is 1.24. The third-order valence-corrected chi connectivity index (χ3v) is 10.4. The Morgan fingerprint density at radius 3 is 1.83 bits per heavy atom. The first-order valence-corrected chi connectivity index (χ1v) is 16.4. The molecule has 9 aromatic rings. The number of benzene rings is 6. The summed E-state index contributed by atoms with van der Waals surface area (Å²) in [5.74, 6) is 0. The highest BCUT2D eigenvalue weighted by Crippen LogP contribution is 2.42. The molecule has 0 N–H and O–H groups in total. The van der Waals surface area contributed by atoms with E-state index in [-0.39, 0.29) is 0 Å². The highest BCUT2D eigenvalue weighted by atomic mass is 127. The van der Waals surface area contributed by atoms with E-state index in [2.05, 4.69) is 147 Å². The summed E-state index contributed by atoms with van der Waals surface area (Å²) in [5, 5.41) is 7.91. The van der Waals surface area contributed by atoms with Crippen LogP contribution in [0.2, 0.25) is 0 Å². The molecule has 6 heteroatoms.